The standard InChI is InChI=1S/C17H10ClN3O3S2/c1-23-12-3-8(6-20-15(12)18)11-7-19-5-9-2-10(24-14(9)11)4-13-16(22)21-17(25)26-13/h2-7H,1H3,(H,21,22,25)/b13-4+. The van der Waals surface area contributed by atoms with E-state index in [0.717, 1.165) is 16.5 Å². The van der Waals surface area contributed by atoms with Gasteiger partial charge in [0.05, 0.1) is 12.0 Å². The summed E-state index contributed by atoms with van der Waals surface area (Å²) in [5.41, 5.74) is 2.13. The Morgan fingerprint density at radius 2 is 2.19 bits per heavy atom. The van der Waals surface area contributed by atoms with E-state index in [9.17, 15) is 4.79 Å². The van der Waals surface area contributed by atoms with Crippen molar-refractivity contribution in [1.29, 1.82) is 0 Å². The first-order valence-corrected chi connectivity index (χ1v) is 8.98. The van der Waals surface area contributed by atoms with E-state index in [-0.39, 0.29) is 11.1 Å². The van der Waals surface area contributed by atoms with Gasteiger partial charge in [0, 0.05) is 41.2 Å². The maximum Gasteiger partial charge on any atom is 0.263 e. The van der Waals surface area contributed by atoms with Crippen molar-refractivity contribution in [2.24, 2.45) is 0 Å². The van der Waals surface area contributed by atoms with E-state index >= 15 is 0 Å². The number of nitrogens with one attached hydrogen (secondary N) is 1. The number of carbonyl (C=O) groups excluding carboxylic acids is 1. The number of hydrogen-bond acceptors (Lipinski definition) is 7. The fourth-order valence-corrected chi connectivity index (χ4v) is 3.73. The molecular weight excluding hydrogens is 394 g/mol. The number of halogens is 1. The third-order valence-electron chi connectivity index (χ3n) is 3.69. The van der Waals surface area contributed by atoms with Crippen LogP contribution >= 0.6 is 35.6 Å². The highest BCUT2D eigenvalue weighted by molar-refractivity contribution is 8.26. The molecule has 9 heteroatoms. The summed E-state index contributed by atoms with van der Waals surface area (Å²) in [5, 5.41) is 3.65. The zero-order valence-electron chi connectivity index (χ0n) is 13.3. The second-order valence-electron chi connectivity index (χ2n) is 5.32. The van der Waals surface area contributed by atoms with Crippen LogP contribution in [0.4, 0.5) is 0 Å². The molecule has 6 nitrogen and oxygen atoms in total. The monoisotopic (exact) mass is 403 g/mol. The molecule has 1 saturated heterocycles. The van der Waals surface area contributed by atoms with Crippen LogP contribution < -0.4 is 10.1 Å². The zero-order chi connectivity index (χ0) is 18.3. The second kappa shape index (κ2) is 6.71. The van der Waals surface area contributed by atoms with E-state index in [0.29, 0.717) is 26.3 Å². The number of methoxy groups -OCH3 is 1. The van der Waals surface area contributed by atoms with Crippen LogP contribution in [0, 0.1) is 0 Å². The van der Waals surface area contributed by atoms with Crippen molar-refractivity contribution in [3.05, 3.63) is 46.5 Å². The van der Waals surface area contributed by atoms with Crippen LogP contribution in [0.25, 0.3) is 28.2 Å². The van der Waals surface area contributed by atoms with Crippen molar-refractivity contribution in [3.8, 4) is 16.9 Å². The molecule has 1 aliphatic rings. The third kappa shape index (κ3) is 3.07. The zero-order valence-corrected chi connectivity index (χ0v) is 15.7. The van der Waals surface area contributed by atoms with Gasteiger partial charge < -0.3 is 14.5 Å². The van der Waals surface area contributed by atoms with Gasteiger partial charge in [0.25, 0.3) is 5.91 Å². The number of furan rings is 1. The maximum atomic E-state index is 11.8. The van der Waals surface area contributed by atoms with Crippen LogP contribution in [-0.4, -0.2) is 27.3 Å². The van der Waals surface area contributed by atoms with Crippen molar-refractivity contribution in [2.75, 3.05) is 7.11 Å². The van der Waals surface area contributed by atoms with E-state index in [1.165, 1.54) is 18.9 Å². The quantitative estimate of drug-likeness (QED) is 0.401. The van der Waals surface area contributed by atoms with E-state index in [1.807, 2.05) is 6.07 Å². The lowest BCUT2D eigenvalue weighted by molar-refractivity contribution is -0.115. The van der Waals surface area contributed by atoms with Gasteiger partial charge in [-0.1, -0.05) is 35.6 Å². The molecule has 26 heavy (non-hydrogen) atoms. The summed E-state index contributed by atoms with van der Waals surface area (Å²) in [6.07, 6.45) is 6.65. The molecular formula is C17H10ClN3O3S2. The molecule has 0 radical (unpaired) electrons. The Balaban J connectivity index is 1.81. The molecule has 0 unspecified atom stereocenters. The molecule has 0 spiro atoms. The molecule has 1 fully saturated rings. The Labute approximate surface area is 162 Å². The lowest BCUT2D eigenvalue weighted by Gasteiger charge is -2.06. The highest BCUT2D eigenvalue weighted by Gasteiger charge is 2.23. The number of fused-ring (bicyclic) bond motifs is 1. The average Bonchev–Trinajstić information content (AvgIpc) is 3.17. The summed E-state index contributed by atoms with van der Waals surface area (Å²) in [4.78, 5) is 20.7. The average molecular weight is 404 g/mol. The summed E-state index contributed by atoms with van der Waals surface area (Å²) < 4.78 is 11.6. The van der Waals surface area contributed by atoms with Gasteiger partial charge in [0.2, 0.25) is 0 Å². The van der Waals surface area contributed by atoms with Crippen LogP contribution in [0.15, 0.2) is 40.0 Å². The fraction of sp³-hybridized carbons (Fsp3) is 0.0588. The second-order valence-corrected chi connectivity index (χ2v) is 7.40. The van der Waals surface area contributed by atoms with Crippen molar-refractivity contribution in [2.45, 2.75) is 0 Å². The maximum absolute atomic E-state index is 11.8. The predicted octanol–water partition coefficient (Wildman–Crippen LogP) is 4.04. The van der Waals surface area contributed by atoms with Gasteiger partial charge in [0.1, 0.15) is 15.7 Å². The van der Waals surface area contributed by atoms with Gasteiger partial charge in [-0.25, -0.2) is 4.98 Å². The molecule has 0 atom stereocenters. The van der Waals surface area contributed by atoms with Crippen LogP contribution in [0.2, 0.25) is 5.15 Å². The first-order chi connectivity index (χ1) is 12.5. The van der Waals surface area contributed by atoms with E-state index in [2.05, 4.69) is 15.3 Å². The fourth-order valence-electron chi connectivity index (χ4n) is 2.53. The van der Waals surface area contributed by atoms with Crippen molar-refractivity contribution >= 4 is 62.9 Å². The van der Waals surface area contributed by atoms with Gasteiger partial charge >= 0.3 is 0 Å². The molecule has 1 aliphatic heterocycles. The normalized spacial score (nSPS) is 15.7. The topological polar surface area (TPSA) is 77.2 Å². The highest BCUT2D eigenvalue weighted by atomic mass is 35.5. The van der Waals surface area contributed by atoms with E-state index in [1.54, 1.807) is 30.7 Å². The summed E-state index contributed by atoms with van der Waals surface area (Å²) in [6, 6.07) is 3.58. The highest BCUT2D eigenvalue weighted by Crippen LogP contribution is 2.34. The van der Waals surface area contributed by atoms with Gasteiger partial charge in [-0.3, -0.25) is 9.78 Å². The largest absolute Gasteiger partial charge is 0.494 e. The van der Waals surface area contributed by atoms with Crippen molar-refractivity contribution in [3.63, 3.8) is 0 Å². The van der Waals surface area contributed by atoms with Crippen molar-refractivity contribution in [1.82, 2.24) is 15.3 Å². The minimum Gasteiger partial charge on any atom is -0.494 e. The lowest BCUT2D eigenvalue weighted by Crippen LogP contribution is -2.17. The molecule has 3 aromatic heterocycles. The molecule has 1 N–H and O–H groups in total. The molecule has 4 rings (SSSR count). The summed E-state index contributed by atoms with van der Waals surface area (Å²) in [5.74, 6) is 0.763. The predicted molar refractivity (Wildman–Crippen MR) is 105 cm³/mol. The number of thiocarbonyl (C=S) groups is 1. The van der Waals surface area contributed by atoms with Gasteiger partial charge in [-0.2, -0.15) is 0 Å². The Morgan fingerprint density at radius 1 is 1.35 bits per heavy atom. The van der Waals surface area contributed by atoms with E-state index in [4.69, 9.17) is 33.0 Å². The van der Waals surface area contributed by atoms with Gasteiger partial charge in [0.15, 0.2) is 10.9 Å². The molecule has 0 saturated carbocycles. The van der Waals surface area contributed by atoms with Crippen LogP contribution in [0.5, 0.6) is 5.75 Å². The number of rotatable bonds is 3. The molecule has 0 aliphatic carbocycles. The number of hydrogen-bond donors (Lipinski definition) is 1. The molecule has 1 amide bonds. The molecule has 3 aromatic rings. The summed E-state index contributed by atoms with van der Waals surface area (Å²) in [6.45, 7) is 0. The molecule has 0 bridgehead atoms. The number of nitrogens with zero attached hydrogens (tertiary/aromatic N) is 2. The Hall–Kier alpha value is -2.42. The minimum atomic E-state index is -0.231. The van der Waals surface area contributed by atoms with Gasteiger partial charge in [-0.05, 0) is 12.1 Å². The lowest BCUT2D eigenvalue weighted by atomic mass is 10.1. The first kappa shape index (κ1) is 17.0. The molecule has 4 heterocycles. The first-order valence-electron chi connectivity index (χ1n) is 7.37. The number of ether oxygens (including phenoxy) is 1. The molecule has 130 valence electrons. The third-order valence-corrected chi connectivity index (χ3v) is 5.14. The minimum absolute atomic E-state index is 0.231. The number of amides is 1. The number of aromatic nitrogens is 2. The van der Waals surface area contributed by atoms with Gasteiger partial charge in [-0.15, -0.1) is 0 Å². The Kier molecular flexibility index (Phi) is 4.39. The number of carbonyl (C=O) groups is 1. The van der Waals surface area contributed by atoms with Crippen LogP contribution in [0.1, 0.15) is 5.76 Å². The molecule has 0 aromatic carbocycles. The summed E-state index contributed by atoms with van der Waals surface area (Å²) >= 11 is 12.2. The SMILES string of the molecule is COc1cc(-c2cncc3cc(/C=C4/SC(=S)NC4=O)oc23)cnc1Cl. The van der Waals surface area contributed by atoms with Crippen LogP contribution in [0.3, 0.4) is 0 Å². The van der Waals surface area contributed by atoms with Crippen molar-refractivity contribution < 1.29 is 13.9 Å². The smallest absolute Gasteiger partial charge is 0.263 e. The van der Waals surface area contributed by atoms with Crippen LogP contribution in [-0.2, 0) is 4.79 Å². The summed E-state index contributed by atoms with van der Waals surface area (Å²) in [7, 11) is 1.53. The Bertz CT molecular complexity index is 1090. The number of pyridine rings is 2. The van der Waals surface area contributed by atoms with E-state index < -0.39 is 0 Å². The Morgan fingerprint density at radius 3 is 2.92 bits per heavy atom. The number of thioether (sulfide) groups is 1.